The predicted octanol–water partition coefficient (Wildman–Crippen LogP) is 5.44. The number of amides is 1. The van der Waals surface area contributed by atoms with Crippen LogP contribution >= 0.6 is 0 Å². The smallest absolute Gasteiger partial charge is 0.397 e. The highest BCUT2D eigenvalue weighted by atomic mass is 28.4. The number of nitrogens with zero attached hydrogens (tertiary/aromatic N) is 1. The molecule has 1 unspecified atom stereocenters. The number of carbonyl (C=O) groups excluding carboxylic acids is 1. The van der Waals surface area contributed by atoms with Gasteiger partial charge in [0.15, 0.2) is 8.32 Å². The van der Waals surface area contributed by atoms with Crippen LogP contribution in [0.5, 0.6) is 0 Å². The van der Waals surface area contributed by atoms with E-state index in [9.17, 15) is 18.0 Å². The van der Waals surface area contributed by atoms with Gasteiger partial charge in [-0.2, -0.15) is 13.2 Å². The molecule has 9 heteroatoms. The summed E-state index contributed by atoms with van der Waals surface area (Å²) >= 11 is 0. The normalized spacial score (nSPS) is 21.4. The zero-order valence-corrected chi connectivity index (χ0v) is 19.5. The Labute approximate surface area is 174 Å². The van der Waals surface area contributed by atoms with E-state index >= 15 is 0 Å². The van der Waals surface area contributed by atoms with E-state index < -0.39 is 36.1 Å². The van der Waals surface area contributed by atoms with Crippen LogP contribution in [-0.4, -0.2) is 43.3 Å². The summed E-state index contributed by atoms with van der Waals surface area (Å²) in [6, 6.07) is 9.50. The van der Waals surface area contributed by atoms with Crippen LogP contribution in [0.3, 0.4) is 0 Å². The van der Waals surface area contributed by atoms with Gasteiger partial charge in [-0.3, -0.25) is 4.79 Å². The second-order valence-electron chi connectivity index (χ2n) is 7.97. The van der Waals surface area contributed by atoms with Crippen molar-refractivity contribution in [3.63, 3.8) is 0 Å². The van der Waals surface area contributed by atoms with Crippen molar-refractivity contribution in [2.75, 3.05) is 18.6 Å². The van der Waals surface area contributed by atoms with Gasteiger partial charge in [0.1, 0.15) is 6.42 Å². The van der Waals surface area contributed by atoms with Crippen LogP contribution in [0.2, 0.25) is 25.2 Å². The van der Waals surface area contributed by atoms with Crippen LogP contribution in [0.4, 0.5) is 18.9 Å². The molecule has 1 fully saturated rings. The number of hydrogen-bond donors (Lipinski definition) is 0. The molecule has 0 bridgehead atoms. The van der Waals surface area contributed by atoms with Crippen LogP contribution in [-0.2, 0) is 19.8 Å². The fourth-order valence-corrected chi connectivity index (χ4v) is 10.1. The Morgan fingerprint density at radius 3 is 2.76 bits per heavy atom. The van der Waals surface area contributed by atoms with Crippen molar-refractivity contribution in [3.8, 4) is 0 Å². The molecule has 1 aliphatic rings. The molecule has 2 rings (SSSR count). The van der Waals surface area contributed by atoms with Gasteiger partial charge in [-0.05, 0) is 62.1 Å². The lowest BCUT2D eigenvalue weighted by atomic mass is 10.1. The minimum atomic E-state index is -4.49. The minimum absolute atomic E-state index is 0.497. The lowest BCUT2D eigenvalue weighted by molar-refractivity contribution is -0.151. The summed E-state index contributed by atoms with van der Waals surface area (Å²) in [5, 5.41) is 0. The lowest BCUT2D eigenvalue weighted by Crippen LogP contribution is -2.42. The van der Waals surface area contributed by atoms with Gasteiger partial charge in [-0.25, -0.2) is 0 Å². The number of unbranched alkanes of at least 4 members (excludes halogenated alkanes) is 1. The molecule has 1 amide bonds. The first kappa shape index (κ1) is 24.1. The highest BCUT2D eigenvalue weighted by Crippen LogP contribution is 2.27. The Morgan fingerprint density at radius 1 is 1.28 bits per heavy atom. The molecule has 0 saturated carbocycles. The van der Waals surface area contributed by atoms with Crippen LogP contribution < -0.4 is 4.90 Å². The molecule has 0 N–H and O–H groups in total. The molecule has 163 valence electrons. The van der Waals surface area contributed by atoms with E-state index in [1.165, 1.54) is 13.1 Å². The highest BCUT2D eigenvalue weighted by Gasteiger charge is 2.33. The fourth-order valence-electron chi connectivity index (χ4n) is 3.60. The van der Waals surface area contributed by atoms with Gasteiger partial charge in [0.05, 0.1) is 0 Å². The molecule has 29 heavy (non-hydrogen) atoms. The molecule has 1 aliphatic heterocycles. The van der Waals surface area contributed by atoms with Crippen molar-refractivity contribution in [3.05, 3.63) is 29.8 Å². The van der Waals surface area contributed by atoms with Crippen molar-refractivity contribution in [1.29, 1.82) is 0 Å². The van der Waals surface area contributed by atoms with E-state index in [1.54, 1.807) is 18.2 Å². The molecule has 1 heterocycles. The van der Waals surface area contributed by atoms with Gasteiger partial charge < -0.3 is 13.4 Å². The van der Waals surface area contributed by atoms with E-state index in [1.807, 2.05) is 6.07 Å². The zero-order chi connectivity index (χ0) is 21.5. The third kappa shape index (κ3) is 8.61. The molecule has 0 aliphatic carbocycles. The molecule has 4 nitrogen and oxygen atoms in total. The monoisotopic (exact) mass is 446 g/mol. The number of anilines is 1. The molecular weight excluding hydrogens is 415 g/mol. The van der Waals surface area contributed by atoms with Crippen molar-refractivity contribution < 1.29 is 26.5 Å². The third-order valence-electron chi connectivity index (χ3n) is 5.24. The third-order valence-corrected chi connectivity index (χ3v) is 11.8. The van der Waals surface area contributed by atoms with Gasteiger partial charge in [0.2, 0.25) is 5.91 Å². The number of hydrogen-bond acceptors (Lipinski definition) is 3. The summed E-state index contributed by atoms with van der Waals surface area (Å²) in [6.45, 7) is 5.19. The maximum atomic E-state index is 12.5. The van der Waals surface area contributed by atoms with Crippen molar-refractivity contribution in [1.82, 2.24) is 0 Å². The number of benzene rings is 1. The molecule has 0 spiro atoms. The van der Waals surface area contributed by atoms with Gasteiger partial charge in [0, 0.05) is 19.3 Å². The van der Waals surface area contributed by atoms with Crippen LogP contribution in [0.15, 0.2) is 24.3 Å². The summed E-state index contributed by atoms with van der Waals surface area (Å²) in [7, 11) is -1.48. The van der Waals surface area contributed by atoms with Crippen molar-refractivity contribution >= 4 is 29.2 Å². The number of rotatable bonds is 7. The highest BCUT2D eigenvalue weighted by molar-refractivity contribution is 6.78. The first-order chi connectivity index (χ1) is 13.6. The van der Waals surface area contributed by atoms with Crippen molar-refractivity contribution in [2.45, 2.75) is 69.9 Å². The molecule has 1 radical (unpaired) electrons. The summed E-state index contributed by atoms with van der Waals surface area (Å²) in [4.78, 5) is 12.9. The first-order valence-electron chi connectivity index (χ1n) is 10.2. The quantitative estimate of drug-likeness (QED) is 0.413. The standard InChI is InChI=1S/C20H31F3NO3Si2/c1-24(19(25)16-20(21,22)23)18-11-8-10-17(15-18)9-4-6-13-29(3)14-7-5-12-26-28(2)27-29/h8,10-11,15H,4-7,9,12-14,16H2,1-3H3. The Balaban J connectivity index is 1.85. The Bertz CT molecular complexity index is 675. The summed E-state index contributed by atoms with van der Waals surface area (Å²) in [5.41, 5.74) is 1.53. The maximum absolute atomic E-state index is 12.5. The average molecular weight is 447 g/mol. The van der Waals surface area contributed by atoms with Crippen LogP contribution in [0, 0.1) is 0 Å². The summed E-state index contributed by atoms with van der Waals surface area (Å²) in [5.74, 6) is -0.950. The van der Waals surface area contributed by atoms with E-state index in [4.69, 9.17) is 8.54 Å². The number of halogens is 3. The number of alkyl halides is 3. The predicted molar refractivity (Wildman–Crippen MR) is 113 cm³/mol. The molecule has 1 atom stereocenters. The van der Waals surface area contributed by atoms with Gasteiger partial charge in [-0.15, -0.1) is 0 Å². The Morgan fingerprint density at radius 2 is 2.03 bits per heavy atom. The average Bonchev–Trinajstić information content (AvgIpc) is 2.62. The summed E-state index contributed by atoms with van der Waals surface area (Å²) in [6.07, 6.45) is -0.777. The molecular formula is C20H31F3NO3Si2. The van der Waals surface area contributed by atoms with Crippen molar-refractivity contribution in [2.24, 2.45) is 0 Å². The first-order valence-corrected chi connectivity index (χ1v) is 14.8. The molecule has 1 aromatic carbocycles. The second kappa shape index (κ2) is 10.7. The van der Waals surface area contributed by atoms with E-state index in [2.05, 4.69) is 13.1 Å². The van der Waals surface area contributed by atoms with E-state index in [0.29, 0.717) is 5.69 Å². The summed E-state index contributed by atoms with van der Waals surface area (Å²) < 4.78 is 49.5. The molecule has 1 saturated heterocycles. The van der Waals surface area contributed by atoms with Gasteiger partial charge in [0.25, 0.3) is 0 Å². The SMILES string of the molecule is CN(C(=O)CC(F)(F)F)c1cccc(CCCC[Si]2(C)CCCCO[Si](C)O2)c1. The number of aryl methyl sites for hydroxylation is 1. The Hall–Kier alpha value is -1.17. The van der Waals surface area contributed by atoms with Gasteiger partial charge >= 0.3 is 15.5 Å². The fraction of sp³-hybridized carbons (Fsp3) is 0.650. The molecule has 1 aromatic rings. The minimum Gasteiger partial charge on any atom is -0.435 e. The largest absolute Gasteiger partial charge is 0.435 e. The number of carbonyl (C=O) groups is 1. The molecule has 0 aromatic heterocycles. The van der Waals surface area contributed by atoms with Crippen LogP contribution in [0.1, 0.15) is 37.7 Å². The maximum Gasteiger partial charge on any atom is 0.397 e. The topological polar surface area (TPSA) is 38.8 Å². The van der Waals surface area contributed by atoms with E-state index in [-0.39, 0.29) is 0 Å². The van der Waals surface area contributed by atoms with E-state index in [0.717, 1.165) is 55.2 Å². The lowest BCUT2D eigenvalue weighted by Gasteiger charge is -2.32. The zero-order valence-electron chi connectivity index (χ0n) is 17.5. The second-order valence-corrected chi connectivity index (χ2v) is 14.0. The van der Waals surface area contributed by atoms with Gasteiger partial charge in [-0.1, -0.05) is 25.0 Å². The van der Waals surface area contributed by atoms with Crippen LogP contribution in [0.25, 0.3) is 0 Å². The Kier molecular flexibility index (Phi) is 8.93.